The molecule has 2 aliphatic rings. The molecule has 0 amide bonds. The summed E-state index contributed by atoms with van der Waals surface area (Å²) in [6.45, 7) is 6.59. The molecule has 3 rings (SSSR count). The highest BCUT2D eigenvalue weighted by Gasteiger charge is 2.22. The number of hydrogen-bond donors (Lipinski definition) is 1. The van der Waals surface area contributed by atoms with E-state index in [1.165, 1.54) is 5.56 Å². The van der Waals surface area contributed by atoms with Gasteiger partial charge in [0.15, 0.2) is 11.5 Å². The van der Waals surface area contributed by atoms with Crippen molar-refractivity contribution >= 4 is 0 Å². The van der Waals surface area contributed by atoms with E-state index in [0.29, 0.717) is 6.04 Å². The summed E-state index contributed by atoms with van der Waals surface area (Å²) in [5.74, 6) is 2.27. The highest BCUT2D eigenvalue weighted by atomic mass is 16.7. The molecule has 0 bridgehead atoms. The number of fused-ring (bicyclic) bond motifs is 1. The number of piperazine rings is 1. The Labute approximate surface area is 113 Å². The van der Waals surface area contributed by atoms with Crippen LogP contribution < -0.4 is 19.5 Å². The summed E-state index contributed by atoms with van der Waals surface area (Å²) >= 11 is 0. The van der Waals surface area contributed by atoms with Crippen LogP contribution in [0.5, 0.6) is 17.2 Å². The van der Waals surface area contributed by atoms with Gasteiger partial charge in [-0.1, -0.05) is 0 Å². The Bertz CT molecular complexity index is 464. The summed E-state index contributed by atoms with van der Waals surface area (Å²) in [7, 11) is 1.66. The molecule has 0 unspecified atom stereocenters. The lowest BCUT2D eigenvalue weighted by atomic mass is 10.1. The normalized spacial score (nSPS) is 22.5. The van der Waals surface area contributed by atoms with Crippen molar-refractivity contribution in [2.45, 2.75) is 19.5 Å². The molecule has 0 radical (unpaired) electrons. The van der Waals surface area contributed by atoms with E-state index in [1.807, 2.05) is 6.07 Å². The van der Waals surface area contributed by atoms with Gasteiger partial charge in [0.05, 0.1) is 7.11 Å². The quantitative estimate of drug-likeness (QED) is 0.889. The number of ether oxygens (including phenoxy) is 3. The zero-order valence-electron chi connectivity index (χ0n) is 11.4. The first kappa shape index (κ1) is 12.6. The van der Waals surface area contributed by atoms with Gasteiger partial charge in [-0.05, 0) is 24.6 Å². The molecule has 5 heteroatoms. The van der Waals surface area contributed by atoms with Gasteiger partial charge in [-0.25, -0.2) is 0 Å². The molecule has 104 valence electrons. The van der Waals surface area contributed by atoms with E-state index in [4.69, 9.17) is 14.2 Å². The largest absolute Gasteiger partial charge is 0.493 e. The summed E-state index contributed by atoms with van der Waals surface area (Å²) in [5, 5.41) is 3.45. The molecule has 19 heavy (non-hydrogen) atoms. The summed E-state index contributed by atoms with van der Waals surface area (Å²) in [5.41, 5.74) is 1.20. The zero-order chi connectivity index (χ0) is 13.2. The van der Waals surface area contributed by atoms with Gasteiger partial charge in [0.1, 0.15) is 0 Å². The lowest BCUT2D eigenvalue weighted by Crippen LogP contribution is -2.48. The maximum absolute atomic E-state index is 5.46. The third kappa shape index (κ3) is 2.62. The summed E-state index contributed by atoms with van der Waals surface area (Å²) in [6, 6.07) is 4.64. The number of benzene rings is 1. The molecule has 1 atom stereocenters. The third-order valence-electron chi connectivity index (χ3n) is 3.58. The second-order valence-corrected chi connectivity index (χ2v) is 5.12. The van der Waals surface area contributed by atoms with Gasteiger partial charge in [0.25, 0.3) is 0 Å². The molecule has 0 saturated carbocycles. The van der Waals surface area contributed by atoms with Crippen LogP contribution in [0.4, 0.5) is 0 Å². The van der Waals surface area contributed by atoms with Crippen molar-refractivity contribution in [3.05, 3.63) is 17.7 Å². The average Bonchev–Trinajstić information content (AvgIpc) is 2.86. The van der Waals surface area contributed by atoms with E-state index in [-0.39, 0.29) is 6.79 Å². The second-order valence-electron chi connectivity index (χ2n) is 5.12. The molecule has 1 saturated heterocycles. The number of nitrogens with zero attached hydrogens (tertiary/aromatic N) is 1. The van der Waals surface area contributed by atoms with Crippen molar-refractivity contribution in [1.29, 1.82) is 0 Å². The third-order valence-corrected chi connectivity index (χ3v) is 3.58. The van der Waals surface area contributed by atoms with Crippen molar-refractivity contribution in [2.75, 3.05) is 33.5 Å². The van der Waals surface area contributed by atoms with Crippen LogP contribution in [0.1, 0.15) is 12.5 Å². The zero-order valence-corrected chi connectivity index (χ0v) is 11.4. The number of nitrogens with one attached hydrogen (secondary N) is 1. The molecule has 5 nitrogen and oxygen atoms in total. The maximum Gasteiger partial charge on any atom is 0.231 e. The van der Waals surface area contributed by atoms with E-state index in [9.17, 15) is 0 Å². The fourth-order valence-corrected chi connectivity index (χ4v) is 2.69. The number of hydrogen-bond acceptors (Lipinski definition) is 5. The van der Waals surface area contributed by atoms with Gasteiger partial charge in [-0.3, -0.25) is 4.90 Å². The highest BCUT2D eigenvalue weighted by Crippen LogP contribution is 2.42. The van der Waals surface area contributed by atoms with E-state index in [2.05, 4.69) is 23.2 Å². The first-order valence-electron chi connectivity index (χ1n) is 6.68. The number of methoxy groups -OCH3 is 1. The Balaban J connectivity index is 1.77. The molecule has 1 N–H and O–H groups in total. The monoisotopic (exact) mass is 264 g/mol. The van der Waals surface area contributed by atoms with Gasteiger partial charge < -0.3 is 19.5 Å². The van der Waals surface area contributed by atoms with Crippen LogP contribution in [0.15, 0.2) is 12.1 Å². The Kier molecular flexibility index (Phi) is 3.48. The van der Waals surface area contributed by atoms with Crippen LogP contribution in [0.3, 0.4) is 0 Å². The molecule has 2 heterocycles. The van der Waals surface area contributed by atoms with Crippen LogP contribution in [-0.2, 0) is 6.54 Å². The molecular weight excluding hydrogens is 244 g/mol. The lowest BCUT2D eigenvalue weighted by molar-refractivity contribution is 0.171. The van der Waals surface area contributed by atoms with Gasteiger partial charge in [0.2, 0.25) is 12.5 Å². The van der Waals surface area contributed by atoms with Crippen molar-refractivity contribution in [3.63, 3.8) is 0 Å². The Morgan fingerprint density at radius 1 is 1.42 bits per heavy atom. The molecule has 0 aromatic heterocycles. The van der Waals surface area contributed by atoms with Crippen LogP contribution in [0, 0.1) is 0 Å². The topological polar surface area (TPSA) is 43.0 Å². The molecular formula is C14H20N2O3. The first-order valence-corrected chi connectivity index (χ1v) is 6.68. The number of rotatable bonds is 3. The van der Waals surface area contributed by atoms with Crippen molar-refractivity contribution in [3.8, 4) is 17.2 Å². The van der Waals surface area contributed by atoms with Gasteiger partial charge in [-0.2, -0.15) is 0 Å². The van der Waals surface area contributed by atoms with Gasteiger partial charge in [0, 0.05) is 32.2 Å². The lowest BCUT2D eigenvalue weighted by Gasteiger charge is -2.31. The summed E-state index contributed by atoms with van der Waals surface area (Å²) in [6.07, 6.45) is 0. The SMILES string of the molecule is COc1cc(CN2CCN[C@@H](C)C2)cc2c1OCO2. The van der Waals surface area contributed by atoms with E-state index < -0.39 is 0 Å². The predicted octanol–water partition coefficient (Wildman–Crippen LogP) is 1.22. The molecule has 2 aliphatic heterocycles. The fourth-order valence-electron chi connectivity index (χ4n) is 2.69. The van der Waals surface area contributed by atoms with Crippen LogP contribution >= 0.6 is 0 Å². The van der Waals surface area contributed by atoms with E-state index in [0.717, 1.165) is 43.4 Å². The Morgan fingerprint density at radius 2 is 2.32 bits per heavy atom. The minimum atomic E-state index is 0.278. The van der Waals surface area contributed by atoms with Crippen molar-refractivity contribution < 1.29 is 14.2 Å². The minimum absolute atomic E-state index is 0.278. The molecule has 1 fully saturated rings. The van der Waals surface area contributed by atoms with Crippen molar-refractivity contribution in [2.24, 2.45) is 0 Å². The van der Waals surface area contributed by atoms with Crippen LogP contribution in [0.2, 0.25) is 0 Å². The minimum Gasteiger partial charge on any atom is -0.493 e. The maximum atomic E-state index is 5.46. The summed E-state index contributed by atoms with van der Waals surface area (Å²) in [4.78, 5) is 2.44. The fraction of sp³-hybridized carbons (Fsp3) is 0.571. The molecule has 1 aromatic carbocycles. The molecule has 0 spiro atoms. The molecule has 0 aliphatic carbocycles. The molecule has 1 aromatic rings. The van der Waals surface area contributed by atoms with Gasteiger partial charge in [-0.15, -0.1) is 0 Å². The van der Waals surface area contributed by atoms with Crippen LogP contribution in [0.25, 0.3) is 0 Å². The Morgan fingerprint density at radius 3 is 3.11 bits per heavy atom. The average molecular weight is 264 g/mol. The van der Waals surface area contributed by atoms with Gasteiger partial charge >= 0.3 is 0 Å². The van der Waals surface area contributed by atoms with Crippen molar-refractivity contribution in [1.82, 2.24) is 10.2 Å². The summed E-state index contributed by atoms with van der Waals surface area (Å²) < 4.78 is 16.2. The smallest absolute Gasteiger partial charge is 0.231 e. The standard InChI is InChI=1S/C14H20N2O3/c1-10-7-16(4-3-15-10)8-11-5-12(17-2)14-13(6-11)18-9-19-14/h5-6,10,15H,3-4,7-9H2,1-2H3/t10-/m0/s1. The second kappa shape index (κ2) is 5.27. The van der Waals surface area contributed by atoms with E-state index in [1.54, 1.807) is 7.11 Å². The highest BCUT2D eigenvalue weighted by molar-refractivity contribution is 5.55. The Hall–Kier alpha value is -1.46. The van der Waals surface area contributed by atoms with Crippen LogP contribution in [-0.4, -0.2) is 44.5 Å². The predicted molar refractivity (Wildman–Crippen MR) is 71.9 cm³/mol. The van der Waals surface area contributed by atoms with E-state index >= 15 is 0 Å². The first-order chi connectivity index (χ1) is 9.26.